The van der Waals surface area contributed by atoms with Crippen LogP contribution in [-0.2, 0) is 14.8 Å². The van der Waals surface area contributed by atoms with Crippen molar-refractivity contribution in [3.63, 3.8) is 0 Å². The average Bonchev–Trinajstić information content (AvgIpc) is 2.69. The Balaban J connectivity index is 2.15. The van der Waals surface area contributed by atoms with Gasteiger partial charge in [0.15, 0.2) is 6.04 Å². The number of benzene rings is 2. The van der Waals surface area contributed by atoms with E-state index in [4.69, 9.17) is 4.74 Å². The van der Waals surface area contributed by atoms with Gasteiger partial charge < -0.3 is 15.4 Å². The fraction of sp³-hybridized carbons (Fsp3) is 0.381. The molecule has 1 amide bonds. The van der Waals surface area contributed by atoms with Gasteiger partial charge in [0.1, 0.15) is 11.8 Å². The highest BCUT2D eigenvalue weighted by Crippen LogP contribution is 2.23. The molecule has 2 aromatic carbocycles. The summed E-state index contributed by atoms with van der Waals surface area (Å²) in [6, 6.07) is 12.1. The third-order valence-electron chi connectivity index (χ3n) is 4.87. The number of quaternary nitrogens is 1. The van der Waals surface area contributed by atoms with Gasteiger partial charge in [-0.05, 0) is 50.6 Å². The molecule has 0 fully saturated rings. The van der Waals surface area contributed by atoms with Crippen LogP contribution < -0.4 is 15.4 Å². The number of nitrogens with one attached hydrogen (secondary N) is 1. The van der Waals surface area contributed by atoms with Gasteiger partial charge >= 0.3 is 0 Å². The number of nitrogens with zero attached hydrogens (tertiary/aromatic N) is 1. The Morgan fingerprint density at radius 2 is 1.79 bits per heavy atom. The highest BCUT2D eigenvalue weighted by molar-refractivity contribution is 7.89. The van der Waals surface area contributed by atoms with Gasteiger partial charge in [0.05, 0.1) is 17.6 Å². The summed E-state index contributed by atoms with van der Waals surface area (Å²) in [6.07, 6.45) is 0. The lowest BCUT2D eigenvalue weighted by Crippen LogP contribution is -2.91. The molecule has 7 nitrogen and oxygen atoms in total. The summed E-state index contributed by atoms with van der Waals surface area (Å²) < 4.78 is 31.3. The van der Waals surface area contributed by atoms with Crippen LogP contribution in [0, 0.1) is 6.92 Å². The molecule has 8 heteroatoms. The summed E-state index contributed by atoms with van der Waals surface area (Å²) >= 11 is 0. The van der Waals surface area contributed by atoms with Crippen LogP contribution in [0.3, 0.4) is 0 Å². The van der Waals surface area contributed by atoms with Gasteiger partial charge in [-0.1, -0.05) is 18.2 Å². The topological polar surface area (TPSA) is 92.3 Å². The fourth-order valence-electron chi connectivity index (χ4n) is 3.02. The number of anilines is 1. The molecular formula is C21H30N3O4S+. The van der Waals surface area contributed by atoms with Gasteiger partial charge in [-0.2, -0.15) is 0 Å². The normalized spacial score (nSPS) is 13.8. The quantitative estimate of drug-likeness (QED) is 0.682. The summed E-state index contributed by atoms with van der Waals surface area (Å²) in [5.74, 6) is 0.579. The third-order valence-corrected chi connectivity index (χ3v) is 6.68. The largest absolute Gasteiger partial charge is 0.496 e. The molecule has 158 valence electrons. The van der Waals surface area contributed by atoms with Crippen molar-refractivity contribution < 1.29 is 23.3 Å². The Kier molecular flexibility index (Phi) is 7.40. The van der Waals surface area contributed by atoms with Gasteiger partial charge in [0.2, 0.25) is 10.0 Å². The van der Waals surface area contributed by atoms with E-state index in [1.54, 1.807) is 19.2 Å². The smallest absolute Gasteiger partial charge is 0.282 e. The Labute approximate surface area is 173 Å². The number of carbonyl (C=O) groups is 1. The Hall–Kier alpha value is -2.42. The van der Waals surface area contributed by atoms with Gasteiger partial charge in [0, 0.05) is 19.8 Å². The number of methoxy groups -OCH3 is 1. The summed E-state index contributed by atoms with van der Waals surface area (Å²) in [5, 5.41) is 4.81. The number of rotatable bonds is 8. The SMILES string of the molecule is COc1ccccc1[C@H](C)[NH2+][C@H](C)C(=O)Nc1cc(S(=O)(=O)N(C)C)ccc1C. The van der Waals surface area contributed by atoms with E-state index in [2.05, 4.69) is 5.32 Å². The second kappa shape index (κ2) is 9.39. The van der Waals surface area contributed by atoms with Gasteiger partial charge in [-0.15, -0.1) is 0 Å². The van der Waals surface area contributed by atoms with Crippen molar-refractivity contribution in [2.45, 2.75) is 37.8 Å². The van der Waals surface area contributed by atoms with E-state index in [0.717, 1.165) is 21.2 Å². The average molecular weight is 421 g/mol. The van der Waals surface area contributed by atoms with Crippen LogP contribution in [-0.4, -0.2) is 45.9 Å². The number of aryl methyl sites for hydroxylation is 1. The Morgan fingerprint density at radius 3 is 2.41 bits per heavy atom. The first-order valence-corrected chi connectivity index (χ1v) is 10.8. The lowest BCUT2D eigenvalue weighted by molar-refractivity contribution is -0.709. The van der Waals surface area contributed by atoms with E-state index in [9.17, 15) is 13.2 Å². The number of amides is 1. The number of para-hydroxylation sites is 1. The molecule has 0 heterocycles. The van der Waals surface area contributed by atoms with E-state index in [-0.39, 0.29) is 22.9 Å². The second-order valence-electron chi connectivity index (χ2n) is 7.27. The zero-order chi connectivity index (χ0) is 21.8. The van der Waals surface area contributed by atoms with Crippen LogP contribution in [0.1, 0.15) is 31.0 Å². The molecule has 0 unspecified atom stereocenters. The molecule has 2 atom stereocenters. The maximum absolute atomic E-state index is 12.7. The van der Waals surface area contributed by atoms with Gasteiger partial charge in [-0.3, -0.25) is 4.79 Å². The molecule has 2 aromatic rings. The number of sulfonamides is 1. The van der Waals surface area contributed by atoms with Crippen LogP contribution in [0.5, 0.6) is 5.75 Å². The van der Waals surface area contributed by atoms with Crippen molar-refractivity contribution >= 4 is 21.6 Å². The van der Waals surface area contributed by atoms with Gasteiger partial charge in [-0.25, -0.2) is 12.7 Å². The monoisotopic (exact) mass is 420 g/mol. The summed E-state index contributed by atoms with van der Waals surface area (Å²) in [6.45, 7) is 5.65. The molecule has 0 radical (unpaired) electrons. The molecule has 0 bridgehead atoms. The van der Waals surface area contributed by atoms with Crippen molar-refractivity contribution in [1.82, 2.24) is 4.31 Å². The molecule has 0 aliphatic carbocycles. The minimum Gasteiger partial charge on any atom is -0.496 e. The van der Waals surface area contributed by atoms with Crippen LogP contribution in [0.4, 0.5) is 5.69 Å². The molecule has 0 spiro atoms. The summed E-state index contributed by atoms with van der Waals surface area (Å²) in [5.41, 5.74) is 2.29. The van der Waals surface area contributed by atoms with Crippen molar-refractivity contribution in [2.75, 3.05) is 26.5 Å². The zero-order valence-electron chi connectivity index (χ0n) is 17.8. The minimum atomic E-state index is -3.57. The molecule has 0 saturated carbocycles. The third kappa shape index (κ3) is 5.35. The summed E-state index contributed by atoms with van der Waals surface area (Å²) in [4.78, 5) is 12.9. The number of ether oxygens (including phenoxy) is 1. The molecule has 0 aromatic heterocycles. The lowest BCUT2D eigenvalue weighted by Gasteiger charge is -2.19. The van der Waals surface area contributed by atoms with Crippen molar-refractivity contribution in [1.29, 1.82) is 0 Å². The van der Waals surface area contributed by atoms with Crippen LogP contribution in [0.15, 0.2) is 47.4 Å². The first-order valence-electron chi connectivity index (χ1n) is 9.40. The molecule has 2 rings (SSSR count). The molecule has 0 aliphatic heterocycles. The van der Waals surface area contributed by atoms with E-state index in [1.807, 2.05) is 50.4 Å². The van der Waals surface area contributed by atoms with Crippen molar-refractivity contribution in [3.05, 3.63) is 53.6 Å². The number of hydrogen-bond acceptors (Lipinski definition) is 4. The van der Waals surface area contributed by atoms with Gasteiger partial charge in [0.25, 0.3) is 5.91 Å². The van der Waals surface area contributed by atoms with E-state index < -0.39 is 10.0 Å². The maximum atomic E-state index is 12.7. The number of nitrogens with two attached hydrogens (primary N) is 1. The van der Waals surface area contributed by atoms with Crippen LogP contribution in [0.2, 0.25) is 0 Å². The predicted octanol–water partition coefficient (Wildman–Crippen LogP) is 1.91. The minimum absolute atomic E-state index is 0.00782. The highest BCUT2D eigenvalue weighted by Gasteiger charge is 2.24. The van der Waals surface area contributed by atoms with Crippen molar-refractivity contribution in [2.24, 2.45) is 0 Å². The standard InChI is InChI=1S/C21H29N3O4S/c1-14-11-12-17(29(26,27)24(4)5)13-19(14)23-21(25)16(3)22-15(2)18-9-7-8-10-20(18)28-6/h7-13,15-16,22H,1-6H3,(H,23,25)/p+1/t15-,16+/m0/s1. The highest BCUT2D eigenvalue weighted by atomic mass is 32.2. The maximum Gasteiger partial charge on any atom is 0.282 e. The first-order chi connectivity index (χ1) is 13.6. The molecular weight excluding hydrogens is 390 g/mol. The number of carbonyl (C=O) groups excluding carboxylic acids is 1. The summed E-state index contributed by atoms with van der Waals surface area (Å²) in [7, 11) is 1.00. The fourth-order valence-corrected chi connectivity index (χ4v) is 3.95. The van der Waals surface area contributed by atoms with E-state index in [1.165, 1.54) is 20.2 Å². The number of hydrogen-bond donors (Lipinski definition) is 2. The van der Waals surface area contributed by atoms with E-state index >= 15 is 0 Å². The Bertz CT molecular complexity index is 974. The molecule has 29 heavy (non-hydrogen) atoms. The Morgan fingerprint density at radius 1 is 1.14 bits per heavy atom. The molecule has 0 saturated heterocycles. The predicted molar refractivity (Wildman–Crippen MR) is 113 cm³/mol. The zero-order valence-corrected chi connectivity index (χ0v) is 18.6. The van der Waals surface area contributed by atoms with Crippen LogP contribution >= 0.6 is 0 Å². The molecule has 3 N–H and O–H groups in total. The lowest BCUT2D eigenvalue weighted by atomic mass is 10.1. The molecule has 0 aliphatic rings. The van der Waals surface area contributed by atoms with Crippen LogP contribution in [0.25, 0.3) is 0 Å². The van der Waals surface area contributed by atoms with Crippen molar-refractivity contribution in [3.8, 4) is 5.75 Å². The van der Waals surface area contributed by atoms with E-state index in [0.29, 0.717) is 5.69 Å². The first kappa shape index (κ1) is 22.9. The second-order valence-corrected chi connectivity index (χ2v) is 9.42.